The molecule has 0 spiro atoms. The summed E-state index contributed by atoms with van der Waals surface area (Å²) in [5, 5.41) is 16.8. The van der Waals surface area contributed by atoms with Gasteiger partial charge in [-0.2, -0.15) is 0 Å². The van der Waals surface area contributed by atoms with E-state index in [4.69, 9.17) is 18.3 Å². The molecule has 0 radical (unpaired) electrons. The van der Waals surface area contributed by atoms with Crippen LogP contribution in [-0.2, 0) is 24.9 Å². The van der Waals surface area contributed by atoms with Gasteiger partial charge in [0.05, 0.1) is 41.2 Å². The van der Waals surface area contributed by atoms with E-state index in [1.165, 1.54) is 20.7 Å². The van der Waals surface area contributed by atoms with E-state index in [1.807, 2.05) is 30.4 Å². The van der Waals surface area contributed by atoms with Gasteiger partial charge in [-0.25, -0.2) is 0 Å². The monoisotopic (exact) mass is 932 g/mol. The molecular formula is C55H72O5S2Si2. The number of rotatable bonds is 21. The van der Waals surface area contributed by atoms with Crippen molar-refractivity contribution in [3.8, 4) is 0 Å². The Morgan fingerprint density at radius 1 is 0.625 bits per heavy atom. The number of epoxide rings is 1. The zero-order chi connectivity index (χ0) is 45.3. The van der Waals surface area contributed by atoms with Crippen molar-refractivity contribution >= 4 is 60.9 Å². The highest BCUT2D eigenvalue weighted by Gasteiger charge is 2.55. The largest absolute Gasteiger partial charge is 0.404 e. The lowest BCUT2D eigenvalue weighted by molar-refractivity contribution is 0.0227. The van der Waals surface area contributed by atoms with Crippen LogP contribution < -0.4 is 20.7 Å². The SMILES string of the molecule is CC(C)(C)[Si](O[C@@H](CCOCc1ccccc1)C[C@@H](CC1(C[C@@](C)(O)C[C@@H]2CO2)SCCCS1)O[Si](c1ccccc1)(c1ccccc1)C(C)(C)C)(c1ccccc1)c1ccccc1. The van der Waals surface area contributed by atoms with E-state index in [1.54, 1.807) is 0 Å². The number of hydrogen-bond acceptors (Lipinski definition) is 7. The van der Waals surface area contributed by atoms with Crippen molar-refractivity contribution in [1.29, 1.82) is 0 Å². The standard InChI is InChI=1S/C55H72O5S2Si2/c1-52(2,3)63(48-26-15-9-16-27-48,49-28-17-10-18-29-49)59-45(34-35-57-41-44-24-13-8-14-25-44)38-46(40-55(61-36-23-37-62-55)43-54(7,56)39-47-42-58-47)60-64(53(4,5)6,50-30-19-11-20-31-50)51-32-21-12-22-33-51/h8-22,24-33,45-47,56H,23,34-43H2,1-7H3/t45-,46-,47+,54-/m0/s1. The summed E-state index contributed by atoms with van der Waals surface area (Å²) >= 11 is 4.07. The molecule has 2 saturated heterocycles. The maximum absolute atomic E-state index is 12.2. The molecule has 0 aromatic heterocycles. The molecule has 0 saturated carbocycles. The van der Waals surface area contributed by atoms with Crippen molar-refractivity contribution < 1.29 is 23.4 Å². The smallest absolute Gasteiger partial charge is 0.261 e. The molecule has 2 fully saturated rings. The average Bonchev–Trinajstić information content (AvgIpc) is 4.10. The minimum Gasteiger partial charge on any atom is -0.404 e. The molecule has 1 N–H and O–H groups in total. The van der Waals surface area contributed by atoms with Gasteiger partial charge in [0.2, 0.25) is 0 Å². The first-order valence-corrected chi connectivity index (χ1v) is 29.2. The van der Waals surface area contributed by atoms with Crippen molar-refractivity contribution in [2.24, 2.45) is 0 Å². The summed E-state index contributed by atoms with van der Waals surface area (Å²) in [6.07, 6.45) is 4.35. The van der Waals surface area contributed by atoms with E-state index in [0.717, 1.165) is 36.5 Å². The van der Waals surface area contributed by atoms with E-state index >= 15 is 0 Å². The second kappa shape index (κ2) is 21.3. The Morgan fingerprint density at radius 3 is 1.44 bits per heavy atom. The molecule has 0 unspecified atom stereocenters. The molecule has 2 aliphatic rings. The number of aliphatic hydroxyl groups is 1. The van der Waals surface area contributed by atoms with E-state index < -0.39 is 22.2 Å². The van der Waals surface area contributed by atoms with E-state index in [-0.39, 0.29) is 32.5 Å². The lowest BCUT2D eigenvalue weighted by atomic mass is 9.91. The molecule has 7 rings (SSSR count). The van der Waals surface area contributed by atoms with Crippen LogP contribution in [0.5, 0.6) is 0 Å². The van der Waals surface area contributed by atoms with Crippen LogP contribution in [0, 0.1) is 0 Å². The molecule has 9 heteroatoms. The van der Waals surface area contributed by atoms with Crippen LogP contribution in [-0.4, -0.2) is 74.5 Å². The summed E-state index contributed by atoms with van der Waals surface area (Å²) in [6.45, 7) is 18.1. The highest BCUT2D eigenvalue weighted by atomic mass is 32.2. The zero-order valence-electron chi connectivity index (χ0n) is 39.3. The minimum atomic E-state index is -3.05. The molecule has 64 heavy (non-hydrogen) atoms. The first-order chi connectivity index (χ1) is 30.6. The van der Waals surface area contributed by atoms with E-state index in [9.17, 15) is 5.11 Å². The lowest BCUT2D eigenvalue weighted by Crippen LogP contribution is -2.69. The fourth-order valence-corrected chi connectivity index (χ4v) is 23.3. The number of thioether (sulfide) groups is 2. The summed E-state index contributed by atoms with van der Waals surface area (Å²) in [5.41, 5.74) is 0.285. The van der Waals surface area contributed by atoms with Gasteiger partial charge in [0.25, 0.3) is 16.6 Å². The quantitative estimate of drug-likeness (QED) is 0.0447. The van der Waals surface area contributed by atoms with Crippen LogP contribution in [0.15, 0.2) is 152 Å². The minimum absolute atomic E-state index is 0.134. The van der Waals surface area contributed by atoms with Gasteiger partial charge in [0, 0.05) is 13.0 Å². The van der Waals surface area contributed by atoms with Crippen molar-refractivity contribution in [1.82, 2.24) is 0 Å². The Kier molecular flexibility index (Phi) is 16.3. The van der Waals surface area contributed by atoms with Gasteiger partial charge >= 0.3 is 0 Å². The fourth-order valence-electron chi connectivity index (χ4n) is 10.1. The molecular weight excluding hydrogens is 861 g/mol. The van der Waals surface area contributed by atoms with Gasteiger partial charge in [-0.05, 0) is 86.9 Å². The van der Waals surface area contributed by atoms with Crippen LogP contribution in [0.4, 0.5) is 0 Å². The molecule has 2 aliphatic heterocycles. The summed E-state index contributed by atoms with van der Waals surface area (Å²) in [4.78, 5) is 0. The van der Waals surface area contributed by atoms with Crippen LogP contribution in [0.25, 0.3) is 0 Å². The molecule has 5 aromatic rings. The molecule has 4 atom stereocenters. The third-order valence-corrected chi connectivity index (χ3v) is 26.6. The van der Waals surface area contributed by atoms with Crippen LogP contribution in [0.2, 0.25) is 10.1 Å². The van der Waals surface area contributed by atoms with Gasteiger partial charge in [0.15, 0.2) is 0 Å². The second-order valence-electron chi connectivity index (χ2n) is 20.4. The van der Waals surface area contributed by atoms with Crippen molar-refractivity contribution in [3.63, 3.8) is 0 Å². The predicted molar refractivity (Wildman–Crippen MR) is 277 cm³/mol. The first-order valence-electron chi connectivity index (χ1n) is 23.5. The molecule has 5 nitrogen and oxygen atoms in total. The highest BCUT2D eigenvalue weighted by Crippen LogP contribution is 2.53. The Balaban J connectivity index is 1.37. The second-order valence-corrected chi connectivity index (χ2v) is 32.1. The fraction of sp³-hybridized carbons (Fsp3) is 0.455. The lowest BCUT2D eigenvalue weighted by Gasteiger charge is -2.49. The Labute approximate surface area is 395 Å². The van der Waals surface area contributed by atoms with Gasteiger partial charge in [-0.15, -0.1) is 23.5 Å². The zero-order valence-corrected chi connectivity index (χ0v) is 43.0. The van der Waals surface area contributed by atoms with Gasteiger partial charge in [0.1, 0.15) is 0 Å². The van der Waals surface area contributed by atoms with Crippen LogP contribution in [0.1, 0.15) is 92.6 Å². The highest BCUT2D eigenvalue weighted by molar-refractivity contribution is 8.18. The Morgan fingerprint density at radius 2 is 1.03 bits per heavy atom. The van der Waals surface area contributed by atoms with Crippen LogP contribution >= 0.6 is 23.5 Å². The topological polar surface area (TPSA) is 60.5 Å². The third kappa shape index (κ3) is 11.9. The Bertz CT molecular complexity index is 2060. The van der Waals surface area contributed by atoms with E-state index in [2.05, 4.69) is 193 Å². The summed E-state index contributed by atoms with van der Waals surface area (Å²) in [5.74, 6) is 2.12. The van der Waals surface area contributed by atoms with Crippen molar-refractivity contribution in [2.45, 2.75) is 132 Å². The van der Waals surface area contributed by atoms with Gasteiger partial charge < -0.3 is 23.4 Å². The maximum atomic E-state index is 12.2. The number of benzene rings is 5. The molecule has 0 aliphatic carbocycles. The van der Waals surface area contributed by atoms with Gasteiger partial charge in [-0.3, -0.25) is 0 Å². The normalized spacial score (nSPS) is 18.8. The van der Waals surface area contributed by atoms with E-state index in [0.29, 0.717) is 38.9 Å². The molecule has 0 amide bonds. The Hall–Kier alpha value is -2.97. The number of hydrogen-bond donors (Lipinski definition) is 1. The molecule has 342 valence electrons. The summed E-state index contributed by atoms with van der Waals surface area (Å²) < 4.78 is 28.5. The average molecular weight is 933 g/mol. The first kappa shape index (κ1) is 49.0. The molecule has 0 bridgehead atoms. The van der Waals surface area contributed by atoms with Crippen LogP contribution in [0.3, 0.4) is 0 Å². The number of ether oxygens (including phenoxy) is 2. The van der Waals surface area contributed by atoms with Crippen molar-refractivity contribution in [3.05, 3.63) is 157 Å². The summed E-state index contributed by atoms with van der Waals surface area (Å²) in [6, 6.07) is 54.7. The predicted octanol–water partition coefficient (Wildman–Crippen LogP) is 10.8. The third-order valence-electron chi connectivity index (χ3n) is 13.0. The van der Waals surface area contributed by atoms with Crippen molar-refractivity contribution in [2.75, 3.05) is 24.7 Å². The molecule has 5 aromatic carbocycles. The summed E-state index contributed by atoms with van der Waals surface area (Å²) in [7, 11) is -6.06. The maximum Gasteiger partial charge on any atom is 0.261 e. The van der Waals surface area contributed by atoms with Gasteiger partial charge in [-0.1, -0.05) is 193 Å². The molecule has 2 heterocycles.